The molecule has 2 rings (SSSR count). The molecule has 166 valence electrons. The minimum atomic E-state index is -3.15. The van der Waals surface area contributed by atoms with Gasteiger partial charge >= 0.3 is 6.61 Å². The lowest BCUT2D eigenvalue weighted by Crippen LogP contribution is -2.57. The summed E-state index contributed by atoms with van der Waals surface area (Å²) in [6.07, 6.45) is 0. The van der Waals surface area contributed by atoms with E-state index in [1.807, 2.05) is 4.90 Å². The molecular weight excluding hydrogens is 519 g/mol. The number of halogens is 3. The van der Waals surface area contributed by atoms with Crippen LogP contribution in [-0.4, -0.2) is 63.1 Å². The predicted octanol–water partition coefficient (Wildman–Crippen LogP) is 2.89. The lowest BCUT2D eigenvalue weighted by Gasteiger charge is -2.39. The van der Waals surface area contributed by atoms with Gasteiger partial charge in [0.1, 0.15) is 0 Å². The fourth-order valence-electron chi connectivity index (χ4n) is 2.96. The molecule has 0 atom stereocenters. The van der Waals surface area contributed by atoms with E-state index in [0.717, 1.165) is 5.56 Å². The standard InChI is InChI=1S/C18H27F2N3O4S.HI/c1-5-26-15-10-13(6-7-14(15)27-16(19)20)11-22-17(21-4)23-8-9-28(24,25)18(2,3)12-23;/h6-7,10,16H,5,8-9,11-12H2,1-4H3,(H,21,22);1H. The van der Waals surface area contributed by atoms with Crippen LogP contribution in [0.3, 0.4) is 0 Å². The number of guanidine groups is 1. The fourth-order valence-corrected chi connectivity index (χ4v) is 4.33. The van der Waals surface area contributed by atoms with Gasteiger partial charge in [-0.2, -0.15) is 8.78 Å². The highest BCUT2D eigenvalue weighted by Crippen LogP contribution is 2.30. The summed E-state index contributed by atoms with van der Waals surface area (Å²) in [6, 6.07) is 4.73. The molecule has 29 heavy (non-hydrogen) atoms. The quantitative estimate of drug-likeness (QED) is 0.336. The normalized spacial score (nSPS) is 18.2. The molecule has 0 radical (unpaired) electrons. The van der Waals surface area contributed by atoms with E-state index in [0.29, 0.717) is 32.2 Å². The summed E-state index contributed by atoms with van der Waals surface area (Å²) in [5.41, 5.74) is 0.787. The Kier molecular flexibility index (Phi) is 9.38. The smallest absolute Gasteiger partial charge is 0.387 e. The monoisotopic (exact) mass is 547 g/mol. The van der Waals surface area contributed by atoms with Crippen LogP contribution in [0.2, 0.25) is 0 Å². The molecule has 0 bridgehead atoms. The molecule has 0 spiro atoms. The number of rotatable bonds is 6. The van der Waals surface area contributed by atoms with Crippen LogP contribution in [0.15, 0.2) is 23.2 Å². The van der Waals surface area contributed by atoms with E-state index in [1.165, 1.54) is 6.07 Å². The molecule has 0 aliphatic carbocycles. The van der Waals surface area contributed by atoms with Gasteiger partial charge < -0.3 is 19.7 Å². The molecule has 0 aromatic heterocycles. The molecule has 1 N–H and O–H groups in total. The van der Waals surface area contributed by atoms with Gasteiger partial charge in [-0.05, 0) is 38.5 Å². The lowest BCUT2D eigenvalue weighted by molar-refractivity contribution is -0.0514. The highest BCUT2D eigenvalue weighted by molar-refractivity contribution is 14.0. The third-order valence-corrected chi connectivity index (χ3v) is 7.06. The Bertz CT molecular complexity index is 819. The number of benzene rings is 1. The Labute approximate surface area is 187 Å². The van der Waals surface area contributed by atoms with Gasteiger partial charge in [0, 0.05) is 26.7 Å². The van der Waals surface area contributed by atoms with Crippen molar-refractivity contribution in [1.29, 1.82) is 0 Å². The zero-order chi connectivity index (χ0) is 20.9. The second-order valence-electron chi connectivity index (χ2n) is 6.99. The molecule has 1 saturated heterocycles. The van der Waals surface area contributed by atoms with Crippen LogP contribution in [0.25, 0.3) is 0 Å². The number of aliphatic imine (C=N–C) groups is 1. The van der Waals surface area contributed by atoms with Crippen LogP contribution >= 0.6 is 24.0 Å². The van der Waals surface area contributed by atoms with Crippen molar-refractivity contribution in [3.63, 3.8) is 0 Å². The van der Waals surface area contributed by atoms with E-state index in [4.69, 9.17) is 4.74 Å². The van der Waals surface area contributed by atoms with Crippen molar-refractivity contribution >= 4 is 39.8 Å². The van der Waals surface area contributed by atoms with Crippen molar-refractivity contribution in [3.05, 3.63) is 23.8 Å². The lowest BCUT2D eigenvalue weighted by atomic mass is 10.2. The van der Waals surface area contributed by atoms with Crippen molar-refractivity contribution in [3.8, 4) is 11.5 Å². The average molecular weight is 547 g/mol. The molecule has 1 fully saturated rings. The van der Waals surface area contributed by atoms with Crippen molar-refractivity contribution in [2.24, 2.45) is 4.99 Å². The first kappa shape index (κ1) is 25.7. The molecule has 0 saturated carbocycles. The maximum Gasteiger partial charge on any atom is 0.387 e. The molecule has 1 heterocycles. The largest absolute Gasteiger partial charge is 0.490 e. The summed E-state index contributed by atoms with van der Waals surface area (Å²) in [6.45, 7) is 3.61. The number of hydrogen-bond acceptors (Lipinski definition) is 5. The van der Waals surface area contributed by atoms with E-state index < -0.39 is 21.2 Å². The second kappa shape index (κ2) is 10.6. The zero-order valence-electron chi connectivity index (χ0n) is 16.9. The van der Waals surface area contributed by atoms with Gasteiger partial charge in [0.2, 0.25) is 0 Å². The Hall–Kier alpha value is -1.37. The molecule has 1 aliphatic heterocycles. The second-order valence-corrected chi connectivity index (χ2v) is 9.74. The summed E-state index contributed by atoms with van der Waals surface area (Å²) in [5, 5.41) is 3.19. The SMILES string of the molecule is CCOc1cc(CNC(=NC)N2CCS(=O)(=O)C(C)(C)C2)ccc1OC(F)F.I. The van der Waals surface area contributed by atoms with Crippen LogP contribution in [0.1, 0.15) is 26.3 Å². The predicted molar refractivity (Wildman–Crippen MR) is 119 cm³/mol. The molecule has 0 amide bonds. The van der Waals surface area contributed by atoms with Crippen molar-refractivity contribution in [1.82, 2.24) is 10.2 Å². The highest BCUT2D eigenvalue weighted by Gasteiger charge is 2.40. The maximum absolute atomic E-state index is 12.5. The average Bonchev–Trinajstić information content (AvgIpc) is 2.60. The highest BCUT2D eigenvalue weighted by atomic mass is 127. The van der Waals surface area contributed by atoms with Crippen molar-refractivity contribution in [2.75, 3.05) is 32.5 Å². The first-order valence-electron chi connectivity index (χ1n) is 8.98. The number of nitrogens with one attached hydrogen (secondary N) is 1. The number of sulfone groups is 1. The molecule has 1 aromatic rings. The molecule has 0 unspecified atom stereocenters. The van der Waals surface area contributed by atoms with Gasteiger partial charge in [0.25, 0.3) is 0 Å². The van der Waals surface area contributed by atoms with E-state index in [9.17, 15) is 17.2 Å². The van der Waals surface area contributed by atoms with Crippen LogP contribution < -0.4 is 14.8 Å². The summed E-state index contributed by atoms with van der Waals surface area (Å²) >= 11 is 0. The minimum absolute atomic E-state index is 0. The Morgan fingerprint density at radius 2 is 2.03 bits per heavy atom. The molecule has 11 heteroatoms. The van der Waals surface area contributed by atoms with E-state index in [-0.39, 0.29) is 41.2 Å². The van der Waals surface area contributed by atoms with Crippen LogP contribution in [0.4, 0.5) is 8.78 Å². The van der Waals surface area contributed by atoms with Gasteiger partial charge in [-0.25, -0.2) is 8.42 Å². The number of ether oxygens (including phenoxy) is 2. The first-order valence-corrected chi connectivity index (χ1v) is 10.6. The van der Waals surface area contributed by atoms with Crippen LogP contribution in [0.5, 0.6) is 11.5 Å². The Morgan fingerprint density at radius 3 is 2.59 bits per heavy atom. The van der Waals surface area contributed by atoms with Gasteiger partial charge in [-0.15, -0.1) is 24.0 Å². The van der Waals surface area contributed by atoms with Gasteiger partial charge in [0.15, 0.2) is 27.3 Å². The van der Waals surface area contributed by atoms with E-state index in [2.05, 4.69) is 15.0 Å². The van der Waals surface area contributed by atoms with Gasteiger partial charge in [0.05, 0.1) is 17.1 Å². The topological polar surface area (TPSA) is 80.2 Å². The third-order valence-electron chi connectivity index (χ3n) is 4.53. The Balaban J connectivity index is 0.00000420. The molecule has 1 aromatic carbocycles. The summed E-state index contributed by atoms with van der Waals surface area (Å²) < 4.78 is 58.4. The summed E-state index contributed by atoms with van der Waals surface area (Å²) in [4.78, 5) is 6.14. The van der Waals surface area contributed by atoms with E-state index in [1.54, 1.807) is 40.0 Å². The molecule has 1 aliphatic rings. The van der Waals surface area contributed by atoms with Gasteiger partial charge in [-0.3, -0.25) is 4.99 Å². The van der Waals surface area contributed by atoms with Crippen molar-refractivity contribution < 1.29 is 26.7 Å². The number of nitrogens with zero attached hydrogens (tertiary/aromatic N) is 2. The minimum Gasteiger partial charge on any atom is -0.490 e. The van der Waals surface area contributed by atoms with Crippen LogP contribution in [-0.2, 0) is 16.4 Å². The van der Waals surface area contributed by atoms with E-state index >= 15 is 0 Å². The summed E-state index contributed by atoms with van der Waals surface area (Å²) in [7, 11) is -1.52. The first-order chi connectivity index (χ1) is 13.1. The molecular formula is C18H28F2IN3O4S. The summed E-state index contributed by atoms with van der Waals surface area (Å²) in [5.74, 6) is 0.860. The van der Waals surface area contributed by atoms with Crippen molar-refractivity contribution in [2.45, 2.75) is 38.7 Å². The number of alkyl halides is 2. The zero-order valence-corrected chi connectivity index (χ0v) is 20.1. The Morgan fingerprint density at radius 1 is 1.34 bits per heavy atom. The molecule has 7 nitrogen and oxygen atoms in total. The van der Waals surface area contributed by atoms with Crippen LogP contribution in [0, 0.1) is 0 Å². The fraction of sp³-hybridized carbons (Fsp3) is 0.611. The van der Waals surface area contributed by atoms with Gasteiger partial charge in [-0.1, -0.05) is 6.07 Å². The third kappa shape index (κ3) is 6.56. The maximum atomic E-state index is 12.5. The number of hydrogen-bond donors (Lipinski definition) is 1.